The molecule has 4 N–H and O–H groups in total. The number of quaternary nitrogens is 1. The zero-order valence-corrected chi connectivity index (χ0v) is 17.4. The fourth-order valence-electron chi connectivity index (χ4n) is 5.61. The number of fused-ring (bicyclic) bond motifs is 4. The van der Waals surface area contributed by atoms with E-state index in [-0.39, 0.29) is 29.5 Å². The first kappa shape index (κ1) is 19.8. The van der Waals surface area contributed by atoms with E-state index in [1.165, 1.54) is 4.90 Å². The molecule has 0 aromatic heterocycles. The Morgan fingerprint density at radius 1 is 1.06 bits per heavy atom. The van der Waals surface area contributed by atoms with Gasteiger partial charge in [-0.25, -0.2) is 0 Å². The van der Waals surface area contributed by atoms with Crippen LogP contribution in [0.3, 0.4) is 0 Å². The van der Waals surface area contributed by atoms with E-state index in [1.807, 2.05) is 48.6 Å². The molecule has 0 unspecified atom stereocenters. The molecular formula is C24H26N3O4+. The third-order valence-electron chi connectivity index (χ3n) is 7.01. The van der Waals surface area contributed by atoms with Crippen LogP contribution in [0.4, 0.5) is 5.69 Å². The highest BCUT2D eigenvalue weighted by atomic mass is 16.3. The average Bonchev–Trinajstić information content (AvgIpc) is 3.33. The van der Waals surface area contributed by atoms with Gasteiger partial charge in [0.25, 0.3) is 5.91 Å². The summed E-state index contributed by atoms with van der Waals surface area (Å²) in [6.07, 6.45) is 2.16. The van der Waals surface area contributed by atoms with Crippen molar-refractivity contribution >= 4 is 23.4 Å². The summed E-state index contributed by atoms with van der Waals surface area (Å²) < 4.78 is 0. The van der Waals surface area contributed by atoms with Gasteiger partial charge in [-0.3, -0.25) is 19.3 Å². The van der Waals surface area contributed by atoms with Gasteiger partial charge in [0.1, 0.15) is 23.6 Å². The van der Waals surface area contributed by atoms with E-state index in [4.69, 9.17) is 0 Å². The van der Waals surface area contributed by atoms with Gasteiger partial charge in [-0.15, -0.1) is 0 Å². The number of aromatic hydroxyl groups is 1. The van der Waals surface area contributed by atoms with Crippen molar-refractivity contribution in [3.05, 3.63) is 59.7 Å². The molecule has 160 valence electrons. The first-order chi connectivity index (χ1) is 15.0. The van der Waals surface area contributed by atoms with Gasteiger partial charge in [0.05, 0.1) is 5.69 Å². The summed E-state index contributed by atoms with van der Waals surface area (Å²) in [7, 11) is 0. The highest BCUT2D eigenvalue weighted by Gasteiger charge is 2.73. The van der Waals surface area contributed by atoms with Gasteiger partial charge in [0.15, 0.2) is 0 Å². The number of nitrogens with one attached hydrogen (secondary N) is 1. The second kappa shape index (κ2) is 7.20. The Kier molecular flexibility index (Phi) is 4.59. The van der Waals surface area contributed by atoms with Crippen LogP contribution in [-0.4, -0.2) is 40.3 Å². The number of phenolic OH excluding ortho intramolecular Hbond substituents is 1. The van der Waals surface area contributed by atoms with Crippen LogP contribution < -0.4 is 10.6 Å². The monoisotopic (exact) mass is 420 g/mol. The van der Waals surface area contributed by atoms with Crippen LogP contribution in [0.1, 0.15) is 30.9 Å². The molecule has 0 aliphatic carbocycles. The predicted molar refractivity (Wildman–Crippen MR) is 113 cm³/mol. The standard InChI is InChI=1S/C24H25N3O4/c1-2-3-12-27-21(29)19-18(13-14-8-10-15(28)11-9-14)26-24(20(19)22(27)30)16-6-4-5-7-17(16)25-23(24)31/h4-11,18-20,26,28H,2-3,12-13H2,1H3,(H,25,31)/p+1/t18-,19-,20+,24+/m1/s1. The zero-order valence-electron chi connectivity index (χ0n) is 17.4. The molecule has 0 bridgehead atoms. The fraction of sp³-hybridized carbons (Fsp3) is 0.375. The van der Waals surface area contributed by atoms with Crippen LogP contribution in [-0.2, 0) is 26.3 Å². The number of para-hydroxylation sites is 1. The third-order valence-corrected chi connectivity index (χ3v) is 7.01. The smallest absolute Gasteiger partial charge is 0.291 e. The number of amides is 3. The molecule has 0 saturated carbocycles. The molecule has 31 heavy (non-hydrogen) atoms. The molecule has 0 radical (unpaired) electrons. The minimum atomic E-state index is -1.13. The van der Waals surface area contributed by atoms with Crippen molar-refractivity contribution in [3.63, 3.8) is 0 Å². The number of benzene rings is 2. The number of rotatable bonds is 5. The molecule has 7 heteroatoms. The predicted octanol–water partition coefficient (Wildman–Crippen LogP) is 1.13. The maximum absolute atomic E-state index is 13.5. The molecule has 2 aromatic carbocycles. The summed E-state index contributed by atoms with van der Waals surface area (Å²) in [5, 5.41) is 14.5. The van der Waals surface area contributed by atoms with Crippen molar-refractivity contribution < 1.29 is 24.8 Å². The SMILES string of the molecule is CCCCN1C(=O)[C@H]2[C@@H](C1=O)[C@]1([NH2+][C@@H]2Cc2ccc(O)cc2)C(=O)Nc2ccccc21. The van der Waals surface area contributed by atoms with Gasteiger partial charge < -0.3 is 15.7 Å². The molecule has 1 spiro atoms. The number of hydrogen-bond donors (Lipinski definition) is 3. The molecule has 3 heterocycles. The Morgan fingerprint density at radius 3 is 2.55 bits per heavy atom. The summed E-state index contributed by atoms with van der Waals surface area (Å²) in [6, 6.07) is 14.1. The van der Waals surface area contributed by atoms with Gasteiger partial charge in [-0.1, -0.05) is 43.7 Å². The molecule has 2 aromatic rings. The summed E-state index contributed by atoms with van der Waals surface area (Å²) in [5.41, 5.74) is 1.31. The van der Waals surface area contributed by atoms with Crippen LogP contribution in [0.15, 0.2) is 48.5 Å². The van der Waals surface area contributed by atoms with Gasteiger partial charge >= 0.3 is 0 Å². The number of anilines is 1. The number of phenols is 1. The number of nitrogens with zero attached hydrogens (tertiary/aromatic N) is 1. The van der Waals surface area contributed by atoms with Crippen molar-refractivity contribution in [1.29, 1.82) is 0 Å². The molecule has 7 nitrogen and oxygen atoms in total. The van der Waals surface area contributed by atoms with E-state index in [9.17, 15) is 19.5 Å². The molecule has 2 fully saturated rings. The highest BCUT2D eigenvalue weighted by molar-refractivity contribution is 6.13. The summed E-state index contributed by atoms with van der Waals surface area (Å²) in [5.74, 6) is -1.74. The van der Waals surface area contributed by atoms with E-state index in [1.54, 1.807) is 12.1 Å². The Morgan fingerprint density at radius 2 is 1.81 bits per heavy atom. The van der Waals surface area contributed by atoms with Gasteiger partial charge in [0.2, 0.25) is 17.4 Å². The van der Waals surface area contributed by atoms with E-state index in [2.05, 4.69) is 5.32 Å². The Labute approximate surface area is 180 Å². The first-order valence-corrected chi connectivity index (χ1v) is 10.9. The van der Waals surface area contributed by atoms with Crippen LogP contribution in [0, 0.1) is 11.8 Å². The van der Waals surface area contributed by atoms with E-state index in [0.717, 1.165) is 24.0 Å². The molecule has 3 amide bonds. The van der Waals surface area contributed by atoms with Gasteiger partial charge in [-0.2, -0.15) is 0 Å². The van der Waals surface area contributed by atoms with E-state index < -0.39 is 17.4 Å². The van der Waals surface area contributed by atoms with Gasteiger partial charge in [-0.05, 0) is 30.2 Å². The largest absolute Gasteiger partial charge is 0.508 e. The lowest BCUT2D eigenvalue weighted by Gasteiger charge is -2.26. The highest BCUT2D eigenvalue weighted by Crippen LogP contribution is 2.49. The molecule has 4 atom stereocenters. The molecule has 5 rings (SSSR count). The number of carbonyl (C=O) groups excluding carboxylic acids is 3. The lowest BCUT2D eigenvalue weighted by molar-refractivity contribution is -0.733. The van der Waals surface area contributed by atoms with Gasteiger partial charge in [0, 0.05) is 18.5 Å². The Hall–Kier alpha value is -3.19. The quantitative estimate of drug-likeness (QED) is 0.631. The number of imide groups is 1. The Balaban J connectivity index is 1.59. The van der Waals surface area contributed by atoms with Crippen molar-refractivity contribution in [2.45, 2.75) is 37.8 Å². The number of likely N-dealkylation sites (tertiary alicyclic amines) is 1. The summed E-state index contributed by atoms with van der Waals surface area (Å²) >= 11 is 0. The second-order valence-electron chi connectivity index (χ2n) is 8.75. The molecule has 3 aliphatic heterocycles. The van der Waals surface area contributed by atoms with Crippen molar-refractivity contribution in [1.82, 2.24) is 4.90 Å². The fourth-order valence-corrected chi connectivity index (χ4v) is 5.61. The van der Waals surface area contributed by atoms with E-state index >= 15 is 0 Å². The maximum atomic E-state index is 13.5. The second-order valence-corrected chi connectivity index (χ2v) is 8.75. The number of hydrogen-bond acceptors (Lipinski definition) is 4. The normalized spacial score (nSPS) is 28.9. The maximum Gasteiger partial charge on any atom is 0.291 e. The number of unbranched alkanes of at least 4 members (excludes halogenated alkanes) is 1. The molecule has 3 aliphatic rings. The third kappa shape index (κ3) is 2.80. The van der Waals surface area contributed by atoms with Crippen LogP contribution in [0.25, 0.3) is 0 Å². The lowest BCUT2D eigenvalue weighted by Crippen LogP contribution is -2.99. The minimum absolute atomic E-state index is 0.169. The average molecular weight is 420 g/mol. The summed E-state index contributed by atoms with van der Waals surface area (Å²) in [6.45, 7) is 2.42. The van der Waals surface area contributed by atoms with Crippen LogP contribution >= 0.6 is 0 Å². The Bertz CT molecular complexity index is 1070. The van der Waals surface area contributed by atoms with Crippen LogP contribution in [0.5, 0.6) is 5.75 Å². The van der Waals surface area contributed by atoms with Crippen LogP contribution in [0.2, 0.25) is 0 Å². The van der Waals surface area contributed by atoms with E-state index in [0.29, 0.717) is 18.7 Å². The zero-order chi connectivity index (χ0) is 21.8. The van der Waals surface area contributed by atoms with Crippen molar-refractivity contribution in [2.24, 2.45) is 11.8 Å². The molecule has 2 saturated heterocycles. The lowest BCUT2D eigenvalue weighted by atomic mass is 9.76. The topological polar surface area (TPSA) is 103 Å². The summed E-state index contributed by atoms with van der Waals surface area (Å²) in [4.78, 5) is 41.7. The number of carbonyl (C=O) groups is 3. The van der Waals surface area contributed by atoms with Crippen molar-refractivity contribution in [3.8, 4) is 5.75 Å². The first-order valence-electron chi connectivity index (χ1n) is 10.9. The number of nitrogens with two attached hydrogens (primary N) is 1. The molecular weight excluding hydrogens is 394 g/mol. The minimum Gasteiger partial charge on any atom is -0.508 e. The van der Waals surface area contributed by atoms with Crippen molar-refractivity contribution in [2.75, 3.05) is 11.9 Å².